The fourth-order valence-corrected chi connectivity index (χ4v) is 6.06. The number of carbonyl (C=O) groups is 5. The zero-order chi connectivity index (χ0) is 35.8. The molecule has 1 aliphatic rings. The Morgan fingerprint density at radius 3 is 2.18 bits per heavy atom. The van der Waals surface area contributed by atoms with Crippen LogP contribution in [0, 0.1) is 5.92 Å². The SMILES string of the molecule is CC(C)C[C@H](N[C@H](CCN1C(=O)c2cc3ccccc3cc2C1=O)C(=O)O)C(=O)N(C)[C@@H](Cc1c[nH]cn1)C(=O)NCOCc1ccccc1. The van der Waals surface area contributed by atoms with Crippen LogP contribution in [-0.2, 0) is 32.1 Å². The van der Waals surface area contributed by atoms with Gasteiger partial charge in [-0.2, -0.15) is 0 Å². The molecule has 3 atom stereocenters. The molecule has 13 heteroatoms. The van der Waals surface area contributed by atoms with Crippen molar-refractivity contribution in [1.29, 1.82) is 0 Å². The van der Waals surface area contributed by atoms with Gasteiger partial charge in [0.25, 0.3) is 11.8 Å². The van der Waals surface area contributed by atoms with Crippen molar-refractivity contribution in [1.82, 2.24) is 30.4 Å². The van der Waals surface area contributed by atoms with Crippen LogP contribution in [-0.4, -0.2) is 92.9 Å². The third-order valence-electron chi connectivity index (χ3n) is 8.72. The predicted molar refractivity (Wildman–Crippen MR) is 185 cm³/mol. The smallest absolute Gasteiger partial charge is 0.320 e. The normalized spacial score (nSPS) is 14.4. The van der Waals surface area contributed by atoms with Crippen LogP contribution >= 0.6 is 0 Å². The number of aliphatic carboxylic acids is 1. The quantitative estimate of drug-likeness (QED) is 0.0740. The molecular formula is C37H42N6O7. The number of hydrogen-bond donors (Lipinski definition) is 4. The molecule has 2 heterocycles. The number of ether oxygens (including phenoxy) is 1. The zero-order valence-electron chi connectivity index (χ0n) is 28.3. The number of rotatable bonds is 17. The largest absolute Gasteiger partial charge is 0.480 e. The second-order valence-corrected chi connectivity index (χ2v) is 12.8. The maximum atomic E-state index is 14.1. The molecule has 5 rings (SSSR count). The van der Waals surface area contributed by atoms with E-state index in [2.05, 4.69) is 20.6 Å². The summed E-state index contributed by atoms with van der Waals surface area (Å²) in [5.41, 5.74) is 2.04. The van der Waals surface area contributed by atoms with E-state index in [0.717, 1.165) is 21.2 Å². The third kappa shape index (κ3) is 8.60. The van der Waals surface area contributed by atoms with Crippen LogP contribution in [0.4, 0.5) is 0 Å². The van der Waals surface area contributed by atoms with Crippen LogP contribution < -0.4 is 10.6 Å². The third-order valence-corrected chi connectivity index (χ3v) is 8.72. The lowest BCUT2D eigenvalue weighted by Gasteiger charge is -2.32. The second-order valence-electron chi connectivity index (χ2n) is 12.8. The van der Waals surface area contributed by atoms with E-state index in [1.165, 1.54) is 18.3 Å². The number of H-pyrrole nitrogens is 1. The van der Waals surface area contributed by atoms with Crippen molar-refractivity contribution in [3.63, 3.8) is 0 Å². The maximum absolute atomic E-state index is 14.1. The van der Waals surface area contributed by atoms with Crippen molar-refractivity contribution < 1.29 is 33.8 Å². The number of imidazole rings is 1. The van der Waals surface area contributed by atoms with E-state index in [4.69, 9.17) is 4.74 Å². The minimum Gasteiger partial charge on any atom is -0.480 e. The number of likely N-dealkylation sites (N-methyl/N-ethyl adjacent to an activating group) is 1. The molecule has 3 aromatic carbocycles. The number of fused-ring (bicyclic) bond motifs is 2. The molecule has 0 radical (unpaired) electrons. The Morgan fingerprint density at radius 1 is 0.960 bits per heavy atom. The molecule has 1 aliphatic heterocycles. The number of carboxylic acids is 1. The van der Waals surface area contributed by atoms with Gasteiger partial charge in [-0.3, -0.25) is 34.2 Å². The number of nitrogens with one attached hydrogen (secondary N) is 3. The van der Waals surface area contributed by atoms with Crippen molar-refractivity contribution in [3.8, 4) is 0 Å². The van der Waals surface area contributed by atoms with E-state index in [-0.39, 0.29) is 56.2 Å². The number of benzene rings is 3. The molecule has 0 spiro atoms. The Morgan fingerprint density at radius 2 is 1.60 bits per heavy atom. The van der Waals surface area contributed by atoms with Gasteiger partial charge in [-0.25, -0.2) is 4.98 Å². The van der Waals surface area contributed by atoms with Crippen molar-refractivity contribution in [3.05, 3.63) is 102 Å². The minimum atomic E-state index is -1.27. The number of hydrogen-bond acceptors (Lipinski definition) is 8. The van der Waals surface area contributed by atoms with E-state index in [9.17, 15) is 29.1 Å². The van der Waals surface area contributed by atoms with Crippen LogP contribution in [0.2, 0.25) is 0 Å². The standard InChI is InChI=1S/C37H42N6O7/c1-23(2)15-31(36(47)42(3)32(18-27-19-38-21-39-27)33(44)40-22-50-20-24-9-5-4-6-10-24)41-30(37(48)49)13-14-43-34(45)28-16-25-11-7-8-12-26(25)17-29(28)35(43)46/h4-12,16-17,19,21,23,30-32,41H,13-15,18,20,22H2,1-3H3,(H,38,39)(H,40,44)(H,48,49)/t30-,31+,32+/m1/s1. The monoisotopic (exact) mass is 682 g/mol. The molecule has 0 fully saturated rings. The van der Waals surface area contributed by atoms with E-state index in [1.54, 1.807) is 18.3 Å². The summed E-state index contributed by atoms with van der Waals surface area (Å²) >= 11 is 0. The second kappa shape index (κ2) is 16.3. The first kappa shape index (κ1) is 35.9. The van der Waals surface area contributed by atoms with Gasteiger partial charge in [0.1, 0.15) is 18.8 Å². The van der Waals surface area contributed by atoms with Crippen molar-refractivity contribution in [2.24, 2.45) is 5.92 Å². The van der Waals surface area contributed by atoms with Crippen molar-refractivity contribution in [2.75, 3.05) is 20.3 Å². The molecule has 0 unspecified atom stereocenters. The predicted octanol–water partition coefficient (Wildman–Crippen LogP) is 3.37. The Labute approximate surface area is 290 Å². The molecule has 0 aliphatic carbocycles. The van der Waals surface area contributed by atoms with Crippen LogP contribution in [0.5, 0.6) is 0 Å². The summed E-state index contributed by atoms with van der Waals surface area (Å²) in [6.07, 6.45) is 3.34. The van der Waals surface area contributed by atoms with Gasteiger partial charge < -0.3 is 25.0 Å². The first-order valence-electron chi connectivity index (χ1n) is 16.5. The molecule has 0 bridgehead atoms. The van der Waals surface area contributed by atoms with E-state index in [0.29, 0.717) is 5.69 Å². The summed E-state index contributed by atoms with van der Waals surface area (Å²) in [6, 6.07) is 17.0. The average molecular weight is 683 g/mol. The summed E-state index contributed by atoms with van der Waals surface area (Å²) in [4.78, 5) is 76.0. The average Bonchev–Trinajstić information content (AvgIpc) is 3.71. The highest BCUT2D eigenvalue weighted by atomic mass is 16.5. The number of carboxylic acid groups (broad SMARTS) is 1. The van der Waals surface area contributed by atoms with Crippen LogP contribution in [0.15, 0.2) is 79.3 Å². The zero-order valence-corrected chi connectivity index (χ0v) is 28.3. The summed E-state index contributed by atoms with van der Waals surface area (Å²) in [7, 11) is 1.50. The lowest BCUT2D eigenvalue weighted by atomic mass is 9.99. The number of nitrogens with zero attached hydrogens (tertiary/aromatic N) is 3. The lowest BCUT2D eigenvalue weighted by Crippen LogP contribution is -2.57. The van der Waals surface area contributed by atoms with Gasteiger partial charge in [-0.15, -0.1) is 0 Å². The van der Waals surface area contributed by atoms with E-state index in [1.807, 2.05) is 68.4 Å². The first-order chi connectivity index (χ1) is 24.0. The first-order valence-corrected chi connectivity index (χ1v) is 16.5. The molecule has 13 nitrogen and oxygen atoms in total. The highest BCUT2D eigenvalue weighted by Crippen LogP contribution is 2.28. The molecule has 0 saturated heterocycles. The minimum absolute atomic E-state index is 0.0188. The molecule has 50 heavy (non-hydrogen) atoms. The van der Waals surface area contributed by atoms with Crippen LogP contribution in [0.3, 0.4) is 0 Å². The molecule has 4 amide bonds. The fourth-order valence-electron chi connectivity index (χ4n) is 6.06. The van der Waals surface area contributed by atoms with Gasteiger partial charge in [0.05, 0.1) is 35.8 Å². The fraction of sp³-hybridized carbons (Fsp3) is 0.351. The molecule has 4 N–H and O–H groups in total. The molecule has 0 saturated carbocycles. The van der Waals surface area contributed by atoms with Crippen molar-refractivity contribution in [2.45, 2.75) is 57.8 Å². The molecule has 1 aromatic heterocycles. The maximum Gasteiger partial charge on any atom is 0.320 e. The number of amides is 4. The Bertz CT molecular complexity index is 1770. The van der Waals surface area contributed by atoms with E-state index < -0.39 is 47.7 Å². The number of aromatic nitrogens is 2. The highest BCUT2D eigenvalue weighted by Gasteiger charge is 2.38. The van der Waals surface area contributed by atoms with Gasteiger partial charge in [0.2, 0.25) is 11.8 Å². The number of aromatic amines is 1. The number of carbonyl (C=O) groups excluding carboxylic acids is 4. The van der Waals surface area contributed by atoms with Crippen LogP contribution in [0.25, 0.3) is 10.8 Å². The van der Waals surface area contributed by atoms with Crippen molar-refractivity contribution >= 4 is 40.4 Å². The van der Waals surface area contributed by atoms with Gasteiger partial charge >= 0.3 is 5.97 Å². The Balaban J connectivity index is 1.27. The van der Waals surface area contributed by atoms with Gasteiger partial charge in [0.15, 0.2) is 0 Å². The Kier molecular flexibility index (Phi) is 11.7. The summed E-state index contributed by atoms with van der Waals surface area (Å²) in [6.45, 7) is 3.83. The van der Waals surface area contributed by atoms with E-state index >= 15 is 0 Å². The highest BCUT2D eigenvalue weighted by molar-refractivity contribution is 6.23. The summed E-state index contributed by atoms with van der Waals surface area (Å²) < 4.78 is 5.63. The topological polar surface area (TPSA) is 174 Å². The van der Waals surface area contributed by atoms with Gasteiger partial charge in [-0.1, -0.05) is 68.4 Å². The molecule has 4 aromatic rings. The summed E-state index contributed by atoms with van der Waals surface area (Å²) in [5.74, 6) is -3.19. The van der Waals surface area contributed by atoms with Crippen LogP contribution in [0.1, 0.15) is 58.7 Å². The summed E-state index contributed by atoms with van der Waals surface area (Å²) in [5, 5.41) is 17.5. The molecular weight excluding hydrogens is 640 g/mol. The number of imide groups is 1. The lowest BCUT2D eigenvalue weighted by molar-refractivity contribution is -0.144. The molecule has 262 valence electrons. The van der Waals surface area contributed by atoms with Gasteiger partial charge in [-0.05, 0) is 47.2 Å². The van der Waals surface area contributed by atoms with Gasteiger partial charge in [0, 0.05) is 26.2 Å². The Hall–Kier alpha value is -5.40.